The van der Waals surface area contributed by atoms with Gasteiger partial charge in [-0.3, -0.25) is 0 Å². The zero-order valence-corrected chi connectivity index (χ0v) is 12.8. The van der Waals surface area contributed by atoms with Gasteiger partial charge in [0.25, 0.3) is 0 Å². The SMILES string of the molecule is CNC(c1c(OC)cccc1OC)C1CCCCS1. The van der Waals surface area contributed by atoms with E-state index in [0.29, 0.717) is 5.25 Å². The molecule has 1 fully saturated rings. The maximum atomic E-state index is 5.53. The fourth-order valence-corrected chi connectivity index (χ4v) is 4.20. The lowest BCUT2D eigenvalue weighted by Crippen LogP contribution is -2.30. The van der Waals surface area contributed by atoms with Crippen molar-refractivity contribution in [2.24, 2.45) is 0 Å². The molecule has 2 atom stereocenters. The first-order chi connectivity index (χ1) is 9.31. The van der Waals surface area contributed by atoms with E-state index in [1.54, 1.807) is 14.2 Å². The van der Waals surface area contributed by atoms with Gasteiger partial charge in [0.05, 0.1) is 25.8 Å². The number of thioether (sulfide) groups is 1. The van der Waals surface area contributed by atoms with Gasteiger partial charge in [0, 0.05) is 5.25 Å². The molecule has 0 radical (unpaired) electrons. The van der Waals surface area contributed by atoms with Crippen LogP contribution in [0.3, 0.4) is 0 Å². The van der Waals surface area contributed by atoms with E-state index < -0.39 is 0 Å². The summed E-state index contributed by atoms with van der Waals surface area (Å²) in [6, 6.07) is 6.27. The predicted molar refractivity (Wildman–Crippen MR) is 81.4 cm³/mol. The Morgan fingerprint density at radius 2 is 1.89 bits per heavy atom. The van der Waals surface area contributed by atoms with Gasteiger partial charge in [-0.1, -0.05) is 12.5 Å². The van der Waals surface area contributed by atoms with E-state index in [4.69, 9.17) is 9.47 Å². The Hall–Kier alpha value is -0.870. The van der Waals surface area contributed by atoms with Crippen molar-refractivity contribution >= 4 is 11.8 Å². The number of hydrogen-bond donors (Lipinski definition) is 1. The van der Waals surface area contributed by atoms with Gasteiger partial charge < -0.3 is 14.8 Å². The summed E-state index contributed by atoms with van der Waals surface area (Å²) in [5, 5.41) is 4.04. The van der Waals surface area contributed by atoms with E-state index in [1.165, 1.54) is 25.0 Å². The van der Waals surface area contributed by atoms with Crippen LogP contribution in [0.1, 0.15) is 30.9 Å². The van der Waals surface area contributed by atoms with Crippen LogP contribution >= 0.6 is 11.8 Å². The third-order valence-corrected chi connectivity index (χ3v) is 5.14. The van der Waals surface area contributed by atoms with Crippen molar-refractivity contribution in [3.63, 3.8) is 0 Å². The molecule has 0 bridgehead atoms. The number of hydrogen-bond acceptors (Lipinski definition) is 4. The second-order valence-electron chi connectivity index (χ2n) is 4.75. The van der Waals surface area contributed by atoms with Crippen molar-refractivity contribution in [2.75, 3.05) is 27.0 Å². The number of ether oxygens (including phenoxy) is 2. The zero-order chi connectivity index (χ0) is 13.7. The van der Waals surface area contributed by atoms with Crippen LogP contribution < -0.4 is 14.8 Å². The van der Waals surface area contributed by atoms with Crippen LogP contribution in [-0.2, 0) is 0 Å². The van der Waals surface area contributed by atoms with E-state index in [9.17, 15) is 0 Å². The van der Waals surface area contributed by atoms with E-state index in [2.05, 4.69) is 17.1 Å². The van der Waals surface area contributed by atoms with Gasteiger partial charge in [-0.05, 0) is 37.8 Å². The smallest absolute Gasteiger partial charge is 0.127 e. The molecular weight excluding hydrogens is 258 g/mol. The fourth-order valence-electron chi connectivity index (χ4n) is 2.73. The maximum absolute atomic E-state index is 5.53. The Kier molecular flexibility index (Phi) is 5.40. The highest BCUT2D eigenvalue weighted by molar-refractivity contribution is 8.00. The highest BCUT2D eigenvalue weighted by Crippen LogP contribution is 2.41. The average molecular weight is 281 g/mol. The molecule has 2 unspecified atom stereocenters. The minimum Gasteiger partial charge on any atom is -0.496 e. The third-order valence-electron chi connectivity index (χ3n) is 3.67. The van der Waals surface area contributed by atoms with Crippen molar-refractivity contribution in [1.82, 2.24) is 5.32 Å². The maximum Gasteiger partial charge on any atom is 0.127 e. The first-order valence-corrected chi connectivity index (χ1v) is 7.86. The molecule has 1 heterocycles. The molecule has 0 amide bonds. The van der Waals surface area contributed by atoms with Gasteiger partial charge in [-0.25, -0.2) is 0 Å². The number of benzene rings is 1. The average Bonchev–Trinajstić information content (AvgIpc) is 2.49. The van der Waals surface area contributed by atoms with E-state index >= 15 is 0 Å². The predicted octanol–water partition coefficient (Wildman–Crippen LogP) is 3.25. The van der Waals surface area contributed by atoms with Crippen molar-refractivity contribution < 1.29 is 9.47 Å². The molecule has 3 nitrogen and oxygen atoms in total. The fraction of sp³-hybridized carbons (Fsp3) is 0.600. The summed E-state index contributed by atoms with van der Waals surface area (Å²) in [4.78, 5) is 0. The van der Waals surface area contributed by atoms with E-state index in [-0.39, 0.29) is 6.04 Å². The summed E-state index contributed by atoms with van der Waals surface area (Å²) in [6.45, 7) is 0. The number of nitrogens with one attached hydrogen (secondary N) is 1. The van der Waals surface area contributed by atoms with Crippen LogP contribution in [0.25, 0.3) is 0 Å². The Bertz CT molecular complexity index is 383. The van der Waals surface area contributed by atoms with Crippen LogP contribution in [0.15, 0.2) is 18.2 Å². The lowest BCUT2D eigenvalue weighted by atomic mass is 9.97. The van der Waals surface area contributed by atoms with E-state index in [0.717, 1.165) is 17.1 Å². The summed E-state index contributed by atoms with van der Waals surface area (Å²) in [6.07, 6.45) is 3.89. The molecule has 0 aliphatic carbocycles. The summed E-state index contributed by atoms with van der Waals surface area (Å²) in [5.74, 6) is 3.06. The minimum atomic E-state index is 0.274. The summed E-state index contributed by atoms with van der Waals surface area (Å²) in [5.41, 5.74) is 1.15. The van der Waals surface area contributed by atoms with Crippen LogP contribution in [0, 0.1) is 0 Å². The third kappa shape index (κ3) is 3.18. The largest absolute Gasteiger partial charge is 0.496 e. The molecule has 19 heavy (non-hydrogen) atoms. The second-order valence-corrected chi connectivity index (χ2v) is 6.09. The molecule has 2 rings (SSSR count). The minimum absolute atomic E-state index is 0.274. The molecule has 1 saturated heterocycles. The molecule has 0 saturated carbocycles. The molecule has 0 aromatic heterocycles. The highest BCUT2D eigenvalue weighted by Gasteiger charge is 2.29. The van der Waals surface area contributed by atoms with Crippen LogP contribution in [0.4, 0.5) is 0 Å². The van der Waals surface area contributed by atoms with Crippen LogP contribution in [0.5, 0.6) is 11.5 Å². The van der Waals surface area contributed by atoms with Crippen molar-refractivity contribution in [1.29, 1.82) is 0 Å². The zero-order valence-electron chi connectivity index (χ0n) is 11.9. The summed E-state index contributed by atoms with van der Waals surface area (Å²) >= 11 is 2.06. The first kappa shape index (κ1) is 14.5. The number of rotatable bonds is 5. The Balaban J connectivity index is 2.35. The Morgan fingerprint density at radius 1 is 1.21 bits per heavy atom. The van der Waals surface area contributed by atoms with E-state index in [1.807, 2.05) is 25.2 Å². The molecule has 0 spiro atoms. The van der Waals surface area contributed by atoms with Crippen LogP contribution in [-0.4, -0.2) is 32.3 Å². The lowest BCUT2D eigenvalue weighted by Gasteiger charge is -2.31. The lowest BCUT2D eigenvalue weighted by molar-refractivity contribution is 0.369. The van der Waals surface area contributed by atoms with Gasteiger partial charge in [0.1, 0.15) is 11.5 Å². The normalized spacial score (nSPS) is 20.9. The molecule has 1 aromatic rings. The molecule has 1 N–H and O–H groups in total. The second kappa shape index (κ2) is 7.06. The first-order valence-electron chi connectivity index (χ1n) is 6.81. The molecule has 1 aliphatic heterocycles. The van der Waals surface area contributed by atoms with Crippen molar-refractivity contribution in [3.05, 3.63) is 23.8 Å². The Morgan fingerprint density at radius 3 is 2.37 bits per heavy atom. The van der Waals surface area contributed by atoms with Gasteiger partial charge in [0.2, 0.25) is 0 Å². The summed E-state index contributed by atoms with van der Waals surface area (Å²) < 4.78 is 11.1. The van der Waals surface area contributed by atoms with Gasteiger partial charge >= 0.3 is 0 Å². The Labute approximate surface area is 120 Å². The van der Waals surface area contributed by atoms with Crippen molar-refractivity contribution in [3.8, 4) is 11.5 Å². The molecule has 4 heteroatoms. The molecule has 1 aromatic carbocycles. The molecular formula is C15H23NO2S. The van der Waals surface area contributed by atoms with Gasteiger partial charge in [-0.15, -0.1) is 0 Å². The molecule has 1 aliphatic rings. The number of methoxy groups -OCH3 is 2. The van der Waals surface area contributed by atoms with Crippen molar-refractivity contribution in [2.45, 2.75) is 30.6 Å². The quantitative estimate of drug-likeness (QED) is 0.897. The monoisotopic (exact) mass is 281 g/mol. The molecule has 106 valence electrons. The van der Waals surface area contributed by atoms with Crippen LogP contribution in [0.2, 0.25) is 0 Å². The van der Waals surface area contributed by atoms with Gasteiger partial charge in [0.15, 0.2) is 0 Å². The standard InChI is InChI=1S/C15H23NO2S/c1-16-15(13-9-4-5-10-19-13)14-11(17-2)7-6-8-12(14)18-3/h6-8,13,15-16H,4-5,9-10H2,1-3H3. The topological polar surface area (TPSA) is 30.5 Å². The van der Waals surface area contributed by atoms with Gasteiger partial charge in [-0.2, -0.15) is 11.8 Å². The highest BCUT2D eigenvalue weighted by atomic mass is 32.2. The summed E-state index contributed by atoms with van der Waals surface area (Å²) in [7, 11) is 5.46.